The smallest absolute Gasteiger partial charge is 0.453 e. The second-order valence-electron chi connectivity index (χ2n) is 4.82. The number of aromatic nitrogens is 4. The molecule has 6 nitrogen and oxygen atoms in total. The van der Waals surface area contributed by atoms with Crippen molar-refractivity contribution in [2.24, 2.45) is 0 Å². The Kier molecular flexibility index (Phi) is 3.27. The molecule has 1 N–H and O–H groups in total. The molecule has 0 unspecified atom stereocenters. The normalized spacial score (nSPS) is 13.5. The Labute approximate surface area is 123 Å². The van der Waals surface area contributed by atoms with Crippen LogP contribution in [0.3, 0.4) is 0 Å². The average Bonchev–Trinajstić information content (AvgIpc) is 3.03. The molecular formula is C13H12F3N5O. The summed E-state index contributed by atoms with van der Waals surface area (Å²) in [7, 11) is 0. The fraction of sp³-hybridized carbons (Fsp3) is 0.308. The molecule has 0 fully saturated rings. The molecule has 3 heterocycles. The topological polar surface area (TPSA) is 68.2 Å². The van der Waals surface area contributed by atoms with E-state index in [0.717, 1.165) is 5.76 Å². The number of anilines is 1. The van der Waals surface area contributed by atoms with E-state index in [9.17, 15) is 13.2 Å². The van der Waals surface area contributed by atoms with E-state index in [2.05, 4.69) is 20.6 Å². The van der Waals surface area contributed by atoms with Gasteiger partial charge in [-0.05, 0) is 38.1 Å². The lowest BCUT2D eigenvalue weighted by atomic mass is 10.2. The molecule has 0 spiro atoms. The molecule has 0 aliphatic carbocycles. The molecule has 0 bridgehead atoms. The zero-order valence-corrected chi connectivity index (χ0v) is 11.7. The van der Waals surface area contributed by atoms with Crippen LogP contribution in [0.25, 0.3) is 5.65 Å². The average molecular weight is 311 g/mol. The maximum Gasteiger partial charge on any atom is 0.453 e. The van der Waals surface area contributed by atoms with Gasteiger partial charge in [0.15, 0.2) is 5.65 Å². The van der Waals surface area contributed by atoms with Gasteiger partial charge in [0.2, 0.25) is 0 Å². The minimum absolute atomic E-state index is 0.0272. The molecule has 22 heavy (non-hydrogen) atoms. The number of halogens is 3. The Morgan fingerprint density at radius 1 is 1.18 bits per heavy atom. The highest BCUT2D eigenvalue weighted by Gasteiger charge is 2.37. The quantitative estimate of drug-likeness (QED) is 0.804. The number of nitrogens with zero attached hydrogens (tertiary/aromatic N) is 4. The summed E-state index contributed by atoms with van der Waals surface area (Å²) in [5.41, 5.74) is 0.0272. The van der Waals surface area contributed by atoms with Crippen molar-refractivity contribution in [1.29, 1.82) is 0 Å². The van der Waals surface area contributed by atoms with Gasteiger partial charge >= 0.3 is 6.18 Å². The fourth-order valence-corrected chi connectivity index (χ4v) is 2.02. The molecule has 9 heteroatoms. The minimum atomic E-state index is -4.62. The summed E-state index contributed by atoms with van der Waals surface area (Å²) in [6, 6.07) is 6.31. The highest BCUT2D eigenvalue weighted by atomic mass is 19.4. The van der Waals surface area contributed by atoms with E-state index in [-0.39, 0.29) is 17.5 Å². The highest BCUT2D eigenvalue weighted by molar-refractivity contribution is 5.45. The van der Waals surface area contributed by atoms with Gasteiger partial charge in [-0.15, -0.1) is 15.3 Å². The largest absolute Gasteiger partial charge is 0.464 e. The van der Waals surface area contributed by atoms with E-state index in [1.807, 2.05) is 19.9 Å². The van der Waals surface area contributed by atoms with Gasteiger partial charge in [-0.2, -0.15) is 17.7 Å². The first-order valence-electron chi connectivity index (χ1n) is 6.47. The van der Waals surface area contributed by atoms with Crippen molar-refractivity contribution in [3.8, 4) is 0 Å². The molecule has 0 aliphatic rings. The first-order chi connectivity index (χ1) is 10.3. The molecule has 3 rings (SSSR count). The van der Waals surface area contributed by atoms with Gasteiger partial charge < -0.3 is 9.73 Å². The summed E-state index contributed by atoms with van der Waals surface area (Å²) < 4.78 is 44.6. The molecule has 116 valence electrons. The van der Waals surface area contributed by atoms with Crippen molar-refractivity contribution in [3.05, 3.63) is 41.6 Å². The number of hydrogen-bond acceptors (Lipinski definition) is 5. The molecule has 1 atom stereocenters. The van der Waals surface area contributed by atoms with Gasteiger partial charge in [0, 0.05) is 0 Å². The highest BCUT2D eigenvalue weighted by Crippen LogP contribution is 2.28. The first-order valence-corrected chi connectivity index (χ1v) is 6.47. The predicted molar refractivity (Wildman–Crippen MR) is 71.3 cm³/mol. The van der Waals surface area contributed by atoms with Crippen LogP contribution in [0.2, 0.25) is 0 Å². The van der Waals surface area contributed by atoms with Crippen molar-refractivity contribution < 1.29 is 17.6 Å². The maximum absolute atomic E-state index is 12.8. The Morgan fingerprint density at radius 3 is 2.59 bits per heavy atom. The third-order valence-electron chi connectivity index (χ3n) is 3.07. The van der Waals surface area contributed by atoms with Gasteiger partial charge in [0.25, 0.3) is 5.82 Å². The summed E-state index contributed by atoms with van der Waals surface area (Å²) in [6.07, 6.45) is -4.62. The second-order valence-corrected chi connectivity index (χ2v) is 4.82. The SMILES string of the molecule is Cc1ccc([C@@H](C)Nc2ccc3nnc(C(F)(F)F)n3n2)o1. The van der Waals surface area contributed by atoms with E-state index in [1.54, 1.807) is 6.07 Å². The molecular weight excluding hydrogens is 299 g/mol. The van der Waals surface area contributed by atoms with Crippen LogP contribution in [0.15, 0.2) is 28.7 Å². The van der Waals surface area contributed by atoms with Crippen LogP contribution in [0.1, 0.15) is 30.3 Å². The van der Waals surface area contributed by atoms with Gasteiger partial charge in [-0.25, -0.2) is 0 Å². The lowest BCUT2D eigenvalue weighted by Crippen LogP contribution is -2.14. The number of rotatable bonds is 3. The summed E-state index contributed by atoms with van der Waals surface area (Å²) in [5.74, 6) is 0.524. The van der Waals surface area contributed by atoms with Gasteiger partial charge in [0.1, 0.15) is 17.3 Å². The molecule has 3 aromatic heterocycles. The maximum atomic E-state index is 12.8. The third-order valence-corrected chi connectivity index (χ3v) is 3.07. The van der Waals surface area contributed by atoms with Crippen molar-refractivity contribution in [2.45, 2.75) is 26.1 Å². The lowest BCUT2D eigenvalue weighted by molar-refractivity contribution is -0.146. The fourth-order valence-electron chi connectivity index (χ4n) is 2.02. The van der Waals surface area contributed by atoms with Crippen LogP contribution in [0, 0.1) is 6.92 Å². The molecule has 0 radical (unpaired) electrons. The zero-order chi connectivity index (χ0) is 15.9. The van der Waals surface area contributed by atoms with Crippen molar-refractivity contribution >= 4 is 11.5 Å². The van der Waals surface area contributed by atoms with E-state index < -0.39 is 12.0 Å². The third kappa shape index (κ3) is 2.61. The van der Waals surface area contributed by atoms with Gasteiger partial charge in [-0.1, -0.05) is 0 Å². The van der Waals surface area contributed by atoms with Crippen LogP contribution in [-0.2, 0) is 6.18 Å². The summed E-state index contributed by atoms with van der Waals surface area (Å²) in [6.45, 7) is 3.63. The van der Waals surface area contributed by atoms with Crippen molar-refractivity contribution in [2.75, 3.05) is 5.32 Å². The zero-order valence-electron chi connectivity index (χ0n) is 11.7. The first kappa shape index (κ1) is 14.4. The predicted octanol–water partition coefficient (Wildman–Crippen LogP) is 3.22. The van der Waals surface area contributed by atoms with Crippen LogP contribution < -0.4 is 5.32 Å². The van der Waals surface area contributed by atoms with Crippen LogP contribution in [0.4, 0.5) is 19.0 Å². The molecule has 3 aromatic rings. The van der Waals surface area contributed by atoms with Gasteiger partial charge in [0.05, 0.1) is 6.04 Å². The molecule has 0 aromatic carbocycles. The monoisotopic (exact) mass is 311 g/mol. The lowest BCUT2D eigenvalue weighted by Gasteiger charge is -2.12. The molecule has 0 aliphatic heterocycles. The van der Waals surface area contributed by atoms with Crippen LogP contribution in [-0.4, -0.2) is 19.8 Å². The van der Waals surface area contributed by atoms with Crippen LogP contribution in [0.5, 0.6) is 0 Å². The number of nitrogens with one attached hydrogen (secondary N) is 1. The minimum Gasteiger partial charge on any atom is -0.464 e. The number of aryl methyl sites for hydroxylation is 1. The molecule has 0 amide bonds. The Hall–Kier alpha value is -2.58. The summed E-state index contributed by atoms with van der Waals surface area (Å²) in [5, 5.41) is 13.5. The van der Waals surface area contributed by atoms with Crippen molar-refractivity contribution in [3.63, 3.8) is 0 Å². The van der Waals surface area contributed by atoms with E-state index in [1.165, 1.54) is 12.1 Å². The second kappa shape index (κ2) is 5.00. The number of alkyl halides is 3. The van der Waals surface area contributed by atoms with E-state index >= 15 is 0 Å². The summed E-state index contributed by atoms with van der Waals surface area (Å²) >= 11 is 0. The van der Waals surface area contributed by atoms with E-state index in [0.29, 0.717) is 10.3 Å². The Balaban J connectivity index is 1.91. The Bertz CT molecular complexity index is 807. The molecule has 0 saturated heterocycles. The number of fused-ring (bicyclic) bond motifs is 1. The number of hydrogen-bond donors (Lipinski definition) is 1. The Morgan fingerprint density at radius 2 is 1.95 bits per heavy atom. The van der Waals surface area contributed by atoms with E-state index in [4.69, 9.17) is 4.42 Å². The van der Waals surface area contributed by atoms with Gasteiger partial charge in [-0.3, -0.25) is 0 Å². The number of furan rings is 1. The standard InChI is InChI=1S/C13H12F3N5O/c1-7-3-4-9(22-7)8(2)17-10-5-6-11-18-19-12(13(14,15)16)21(11)20-10/h3-6,8H,1-2H3,(H,17,20)/t8-/m1/s1. The molecule has 0 saturated carbocycles. The van der Waals surface area contributed by atoms with Crippen LogP contribution >= 0.6 is 0 Å². The van der Waals surface area contributed by atoms with Crippen molar-refractivity contribution in [1.82, 2.24) is 19.8 Å². The summed E-state index contributed by atoms with van der Waals surface area (Å²) in [4.78, 5) is 0.